The molecule has 0 heterocycles. The first-order chi connectivity index (χ1) is 11.9. The molecule has 1 atom stereocenters. The van der Waals surface area contributed by atoms with Gasteiger partial charge in [0.25, 0.3) is 5.91 Å². The summed E-state index contributed by atoms with van der Waals surface area (Å²) in [6.45, 7) is 5.09. The second kappa shape index (κ2) is 8.53. The summed E-state index contributed by atoms with van der Waals surface area (Å²) in [6, 6.07) is 11.6. The van der Waals surface area contributed by atoms with Gasteiger partial charge in [0.15, 0.2) is 6.54 Å². The van der Waals surface area contributed by atoms with Gasteiger partial charge < -0.3 is 19.7 Å². The van der Waals surface area contributed by atoms with Crippen LogP contribution in [-0.4, -0.2) is 33.7 Å². The number of methoxy groups -OCH3 is 2. The second-order valence-corrected chi connectivity index (χ2v) is 6.28. The second-order valence-electron chi connectivity index (χ2n) is 6.28. The summed E-state index contributed by atoms with van der Waals surface area (Å²) < 4.78 is 10.7. The summed E-state index contributed by atoms with van der Waals surface area (Å²) in [5, 5.41) is 3.00. The zero-order valence-electron chi connectivity index (χ0n) is 15.6. The van der Waals surface area contributed by atoms with Crippen LogP contribution in [0, 0.1) is 13.8 Å². The molecule has 5 nitrogen and oxygen atoms in total. The average Bonchev–Trinajstić information content (AvgIpc) is 2.58. The molecule has 25 heavy (non-hydrogen) atoms. The minimum Gasteiger partial charge on any atom is -0.497 e. The van der Waals surface area contributed by atoms with Crippen LogP contribution in [0.1, 0.15) is 16.7 Å². The Morgan fingerprint density at radius 3 is 2.56 bits per heavy atom. The summed E-state index contributed by atoms with van der Waals surface area (Å²) in [5.74, 6) is 1.58. The van der Waals surface area contributed by atoms with Crippen LogP contribution in [-0.2, 0) is 11.3 Å². The minimum absolute atomic E-state index is 0.00642. The van der Waals surface area contributed by atoms with Crippen molar-refractivity contribution >= 4 is 11.6 Å². The first-order valence-corrected chi connectivity index (χ1v) is 8.33. The van der Waals surface area contributed by atoms with Gasteiger partial charge in [0.2, 0.25) is 0 Å². The number of carbonyl (C=O) groups is 1. The lowest BCUT2D eigenvalue weighted by atomic mass is 10.1. The van der Waals surface area contributed by atoms with E-state index in [1.54, 1.807) is 14.2 Å². The van der Waals surface area contributed by atoms with Crippen molar-refractivity contribution in [2.24, 2.45) is 0 Å². The number of amides is 1. The number of carbonyl (C=O) groups excluding carboxylic acids is 1. The lowest BCUT2D eigenvalue weighted by molar-refractivity contribution is -0.885. The van der Waals surface area contributed by atoms with Crippen LogP contribution in [0.25, 0.3) is 0 Å². The topological polar surface area (TPSA) is 52.0 Å². The summed E-state index contributed by atoms with van der Waals surface area (Å²) in [7, 11) is 5.27. The van der Waals surface area contributed by atoms with Gasteiger partial charge in [-0.25, -0.2) is 0 Å². The number of hydrogen-bond acceptors (Lipinski definition) is 3. The molecule has 0 radical (unpaired) electrons. The van der Waals surface area contributed by atoms with E-state index in [1.165, 1.54) is 5.56 Å². The van der Waals surface area contributed by atoms with E-state index < -0.39 is 0 Å². The normalized spacial score (nSPS) is 11.7. The number of nitrogens with one attached hydrogen (secondary N) is 2. The number of rotatable bonds is 7. The van der Waals surface area contributed by atoms with E-state index in [0.717, 1.165) is 33.2 Å². The van der Waals surface area contributed by atoms with E-state index in [0.29, 0.717) is 13.1 Å². The minimum atomic E-state index is -0.00642. The first kappa shape index (κ1) is 18.8. The van der Waals surface area contributed by atoms with Crippen LogP contribution in [0.15, 0.2) is 36.4 Å². The SMILES string of the molecule is COc1ccc(OC)c(C[NH+](C)CC(=O)Nc2cccc(C)c2C)c1. The molecular formula is C20H27N2O3+. The van der Waals surface area contributed by atoms with Gasteiger partial charge in [-0.2, -0.15) is 0 Å². The maximum Gasteiger partial charge on any atom is 0.279 e. The van der Waals surface area contributed by atoms with Crippen molar-refractivity contribution < 1.29 is 19.2 Å². The number of aryl methyl sites for hydroxylation is 1. The Morgan fingerprint density at radius 1 is 1.12 bits per heavy atom. The highest BCUT2D eigenvalue weighted by Gasteiger charge is 2.15. The van der Waals surface area contributed by atoms with Crippen LogP contribution in [0.3, 0.4) is 0 Å². The van der Waals surface area contributed by atoms with Gasteiger partial charge in [0.05, 0.1) is 26.8 Å². The zero-order chi connectivity index (χ0) is 18.4. The van der Waals surface area contributed by atoms with E-state index in [1.807, 2.05) is 57.3 Å². The van der Waals surface area contributed by atoms with Gasteiger partial charge in [-0.05, 0) is 49.2 Å². The number of hydrogen-bond donors (Lipinski definition) is 2. The lowest BCUT2D eigenvalue weighted by Gasteiger charge is -2.17. The molecule has 1 amide bonds. The van der Waals surface area contributed by atoms with Crippen LogP contribution in [0.2, 0.25) is 0 Å². The highest BCUT2D eigenvalue weighted by molar-refractivity contribution is 5.92. The van der Waals surface area contributed by atoms with Gasteiger partial charge in [-0.3, -0.25) is 4.79 Å². The summed E-state index contributed by atoms with van der Waals surface area (Å²) >= 11 is 0. The third kappa shape index (κ3) is 4.97. The molecule has 2 rings (SSSR count). The number of anilines is 1. The highest BCUT2D eigenvalue weighted by atomic mass is 16.5. The number of ether oxygens (including phenoxy) is 2. The van der Waals surface area contributed by atoms with Crippen molar-refractivity contribution in [2.75, 3.05) is 33.1 Å². The Kier molecular flexibility index (Phi) is 6.42. The molecule has 0 aliphatic carbocycles. The molecule has 2 aromatic rings. The van der Waals surface area contributed by atoms with E-state index in [4.69, 9.17) is 9.47 Å². The predicted octanol–water partition coefficient (Wildman–Crippen LogP) is 1.97. The van der Waals surface area contributed by atoms with Crippen LogP contribution in [0.5, 0.6) is 11.5 Å². The molecule has 0 aromatic heterocycles. The van der Waals surface area contributed by atoms with E-state index in [2.05, 4.69) is 5.32 Å². The van der Waals surface area contributed by atoms with Crippen molar-refractivity contribution in [3.05, 3.63) is 53.1 Å². The third-order valence-corrected chi connectivity index (χ3v) is 4.32. The molecule has 2 N–H and O–H groups in total. The molecule has 5 heteroatoms. The largest absolute Gasteiger partial charge is 0.497 e. The predicted molar refractivity (Wildman–Crippen MR) is 99.5 cm³/mol. The Bertz CT molecular complexity index is 744. The number of benzene rings is 2. The van der Waals surface area contributed by atoms with E-state index >= 15 is 0 Å². The van der Waals surface area contributed by atoms with Gasteiger partial charge in [-0.15, -0.1) is 0 Å². The van der Waals surface area contributed by atoms with Gasteiger partial charge >= 0.3 is 0 Å². The smallest absolute Gasteiger partial charge is 0.279 e. The molecule has 0 saturated heterocycles. The number of likely N-dealkylation sites (N-methyl/N-ethyl adjacent to an activating group) is 1. The molecule has 0 aliphatic rings. The molecule has 0 aliphatic heterocycles. The van der Waals surface area contributed by atoms with Crippen molar-refractivity contribution in [3.63, 3.8) is 0 Å². The van der Waals surface area contributed by atoms with Crippen molar-refractivity contribution in [3.8, 4) is 11.5 Å². The lowest BCUT2D eigenvalue weighted by Crippen LogP contribution is -3.08. The van der Waals surface area contributed by atoms with E-state index in [-0.39, 0.29) is 5.91 Å². The molecule has 2 aromatic carbocycles. The summed E-state index contributed by atoms with van der Waals surface area (Å²) in [5.41, 5.74) is 4.15. The van der Waals surface area contributed by atoms with Gasteiger partial charge in [0, 0.05) is 5.69 Å². The summed E-state index contributed by atoms with van der Waals surface area (Å²) in [6.07, 6.45) is 0. The quantitative estimate of drug-likeness (QED) is 0.808. The fraction of sp³-hybridized carbons (Fsp3) is 0.350. The van der Waals surface area contributed by atoms with Gasteiger partial charge in [0.1, 0.15) is 18.0 Å². The Balaban J connectivity index is 2.01. The van der Waals surface area contributed by atoms with Crippen LogP contribution < -0.4 is 19.7 Å². The molecule has 0 fully saturated rings. The monoisotopic (exact) mass is 343 g/mol. The van der Waals surface area contributed by atoms with Crippen molar-refractivity contribution in [1.82, 2.24) is 0 Å². The third-order valence-electron chi connectivity index (χ3n) is 4.32. The molecule has 0 saturated carbocycles. The molecule has 1 unspecified atom stereocenters. The molecule has 0 bridgehead atoms. The fourth-order valence-corrected chi connectivity index (χ4v) is 2.76. The fourth-order valence-electron chi connectivity index (χ4n) is 2.76. The standard InChI is InChI=1S/C20H26N2O3/c1-14-7-6-8-18(15(14)2)21-20(23)13-22(3)12-16-11-17(24-4)9-10-19(16)25-5/h6-11H,12-13H2,1-5H3,(H,21,23)/p+1. The van der Waals surface area contributed by atoms with Crippen molar-refractivity contribution in [1.29, 1.82) is 0 Å². The van der Waals surface area contributed by atoms with Crippen LogP contribution in [0.4, 0.5) is 5.69 Å². The Morgan fingerprint density at radius 2 is 1.88 bits per heavy atom. The number of quaternary nitrogens is 1. The van der Waals surface area contributed by atoms with Crippen LogP contribution >= 0.6 is 0 Å². The van der Waals surface area contributed by atoms with E-state index in [9.17, 15) is 4.79 Å². The Labute approximate surface area is 149 Å². The Hall–Kier alpha value is -2.53. The molecular weight excluding hydrogens is 316 g/mol. The summed E-state index contributed by atoms with van der Waals surface area (Å²) in [4.78, 5) is 13.4. The maximum atomic E-state index is 12.4. The highest BCUT2D eigenvalue weighted by Crippen LogP contribution is 2.23. The van der Waals surface area contributed by atoms with Gasteiger partial charge in [-0.1, -0.05) is 12.1 Å². The maximum absolute atomic E-state index is 12.4. The molecule has 134 valence electrons. The zero-order valence-corrected chi connectivity index (χ0v) is 15.6. The average molecular weight is 343 g/mol. The first-order valence-electron chi connectivity index (χ1n) is 8.33. The molecule has 0 spiro atoms. The van der Waals surface area contributed by atoms with Crippen molar-refractivity contribution in [2.45, 2.75) is 20.4 Å².